The van der Waals surface area contributed by atoms with Gasteiger partial charge in [-0.05, 0) is 55.9 Å². The Labute approximate surface area is 252 Å². The van der Waals surface area contributed by atoms with Gasteiger partial charge in [0.2, 0.25) is 0 Å². The molecule has 230 valence electrons. The number of nitrogens with zero attached hydrogens (tertiary/aromatic N) is 1. The number of alkyl halides is 3. The average Bonchev–Trinajstić information content (AvgIpc) is 3.25. The van der Waals surface area contributed by atoms with E-state index >= 15 is 0 Å². The van der Waals surface area contributed by atoms with Crippen LogP contribution in [0.15, 0.2) is 82.0 Å². The second-order valence-electron chi connectivity index (χ2n) is 10.9. The number of aryl methyl sites for hydroxylation is 2. The van der Waals surface area contributed by atoms with Crippen molar-refractivity contribution >= 4 is 22.9 Å². The SMILES string of the molecule is CCCc1c(OCCCCCN2C(=O)NC(c3ccccc3)(c3ccc(C)cc3)C2=O)ccc2c(C(F)(F)F)cc(=O)oc12. The van der Waals surface area contributed by atoms with E-state index in [1.54, 1.807) is 0 Å². The number of hydrogen-bond donors (Lipinski definition) is 1. The van der Waals surface area contributed by atoms with Gasteiger partial charge in [0.05, 0.1) is 12.2 Å². The number of urea groups is 1. The van der Waals surface area contributed by atoms with E-state index in [1.807, 2.05) is 68.4 Å². The highest BCUT2D eigenvalue weighted by Crippen LogP contribution is 2.38. The van der Waals surface area contributed by atoms with Gasteiger partial charge in [-0.15, -0.1) is 0 Å². The van der Waals surface area contributed by atoms with Crippen LogP contribution in [-0.2, 0) is 22.9 Å². The summed E-state index contributed by atoms with van der Waals surface area (Å²) in [5.41, 5.74) is -0.727. The predicted octanol–water partition coefficient (Wildman–Crippen LogP) is 7.12. The molecule has 5 rings (SSSR count). The van der Waals surface area contributed by atoms with Crippen LogP contribution in [-0.4, -0.2) is 30.0 Å². The quantitative estimate of drug-likeness (QED) is 0.112. The van der Waals surface area contributed by atoms with Gasteiger partial charge in [-0.25, -0.2) is 9.59 Å². The Balaban J connectivity index is 1.24. The maximum absolute atomic E-state index is 13.9. The molecule has 3 aromatic carbocycles. The minimum Gasteiger partial charge on any atom is -0.493 e. The van der Waals surface area contributed by atoms with Gasteiger partial charge in [-0.3, -0.25) is 9.69 Å². The number of unbranched alkanes of at least 4 members (excludes halogenated alkanes) is 2. The molecule has 0 bridgehead atoms. The van der Waals surface area contributed by atoms with Crippen LogP contribution in [0.2, 0.25) is 0 Å². The van der Waals surface area contributed by atoms with Crippen molar-refractivity contribution < 1.29 is 31.9 Å². The molecule has 1 aromatic heterocycles. The third-order valence-corrected chi connectivity index (χ3v) is 7.86. The first-order valence-electron chi connectivity index (χ1n) is 14.6. The number of carbonyl (C=O) groups is 2. The monoisotopic (exact) mass is 606 g/mol. The summed E-state index contributed by atoms with van der Waals surface area (Å²) in [5.74, 6) is 0.0237. The second-order valence-corrected chi connectivity index (χ2v) is 10.9. The van der Waals surface area contributed by atoms with Gasteiger partial charge in [0.1, 0.15) is 11.3 Å². The number of amides is 3. The summed E-state index contributed by atoms with van der Waals surface area (Å²) in [6.07, 6.45) is -1.99. The zero-order valence-corrected chi connectivity index (χ0v) is 24.5. The van der Waals surface area contributed by atoms with E-state index in [0.717, 1.165) is 5.56 Å². The summed E-state index contributed by atoms with van der Waals surface area (Å²) >= 11 is 0. The van der Waals surface area contributed by atoms with Gasteiger partial charge >= 0.3 is 17.8 Å². The zero-order chi connectivity index (χ0) is 31.5. The minimum absolute atomic E-state index is 0.113. The Morgan fingerprint density at radius 2 is 1.61 bits per heavy atom. The van der Waals surface area contributed by atoms with Gasteiger partial charge < -0.3 is 14.5 Å². The summed E-state index contributed by atoms with van der Waals surface area (Å²) in [6, 6.07) is 19.4. The zero-order valence-electron chi connectivity index (χ0n) is 24.5. The van der Waals surface area contributed by atoms with Crippen molar-refractivity contribution in [2.24, 2.45) is 0 Å². The molecule has 0 radical (unpaired) electrons. The lowest BCUT2D eigenvalue weighted by Gasteiger charge is -2.28. The Hall–Kier alpha value is -4.60. The summed E-state index contributed by atoms with van der Waals surface area (Å²) in [5, 5.41) is 2.77. The highest BCUT2D eigenvalue weighted by molar-refractivity contribution is 6.09. The molecule has 1 saturated heterocycles. The van der Waals surface area contributed by atoms with Gasteiger partial charge in [0.25, 0.3) is 5.91 Å². The number of benzene rings is 3. The van der Waals surface area contributed by atoms with Crippen LogP contribution in [0.5, 0.6) is 5.75 Å². The van der Waals surface area contributed by atoms with Crippen LogP contribution in [0.4, 0.5) is 18.0 Å². The molecule has 1 aliphatic rings. The van der Waals surface area contributed by atoms with Crippen LogP contribution in [0.1, 0.15) is 60.4 Å². The summed E-state index contributed by atoms with van der Waals surface area (Å²) in [6.45, 7) is 4.29. The molecular formula is C34H33F3N2O5. The molecule has 0 spiro atoms. The number of imide groups is 1. The second kappa shape index (κ2) is 12.6. The minimum atomic E-state index is -4.70. The summed E-state index contributed by atoms with van der Waals surface area (Å²) in [4.78, 5) is 40.2. The molecule has 7 nitrogen and oxygen atoms in total. The summed E-state index contributed by atoms with van der Waals surface area (Å²) < 4.78 is 51.8. The van der Waals surface area contributed by atoms with Crippen LogP contribution in [0.25, 0.3) is 11.0 Å². The molecule has 2 heterocycles. The van der Waals surface area contributed by atoms with Crippen molar-refractivity contribution in [1.82, 2.24) is 10.2 Å². The van der Waals surface area contributed by atoms with Gasteiger partial charge in [-0.1, -0.05) is 73.5 Å². The fraction of sp³-hybridized carbons (Fsp3) is 0.324. The number of halogens is 3. The Morgan fingerprint density at radius 1 is 0.909 bits per heavy atom. The number of hydrogen-bond acceptors (Lipinski definition) is 5. The van der Waals surface area contributed by atoms with Crippen molar-refractivity contribution in [2.75, 3.05) is 13.2 Å². The summed E-state index contributed by atoms with van der Waals surface area (Å²) in [7, 11) is 0. The van der Waals surface area contributed by atoms with E-state index in [2.05, 4.69) is 5.32 Å². The van der Waals surface area contributed by atoms with Gasteiger partial charge in [-0.2, -0.15) is 13.2 Å². The lowest BCUT2D eigenvalue weighted by atomic mass is 9.82. The van der Waals surface area contributed by atoms with E-state index in [4.69, 9.17) is 9.15 Å². The number of fused-ring (bicyclic) bond motifs is 1. The molecule has 1 N–H and O–H groups in total. The lowest BCUT2D eigenvalue weighted by Crippen LogP contribution is -2.45. The maximum Gasteiger partial charge on any atom is 0.417 e. The van der Waals surface area contributed by atoms with Crippen molar-refractivity contribution in [3.63, 3.8) is 0 Å². The molecule has 0 aliphatic carbocycles. The smallest absolute Gasteiger partial charge is 0.417 e. The molecule has 10 heteroatoms. The molecule has 1 fully saturated rings. The Bertz CT molecular complexity index is 1720. The first-order valence-corrected chi connectivity index (χ1v) is 14.6. The van der Waals surface area contributed by atoms with Crippen molar-refractivity contribution in [3.8, 4) is 5.75 Å². The highest BCUT2D eigenvalue weighted by atomic mass is 19.4. The molecule has 3 amide bonds. The highest BCUT2D eigenvalue weighted by Gasteiger charge is 2.53. The van der Waals surface area contributed by atoms with E-state index in [-0.39, 0.29) is 30.0 Å². The third kappa shape index (κ3) is 5.93. The van der Waals surface area contributed by atoms with Crippen LogP contribution in [0, 0.1) is 6.92 Å². The number of nitrogens with one attached hydrogen (secondary N) is 1. The maximum atomic E-state index is 13.9. The Kier molecular flexibility index (Phi) is 8.80. The largest absolute Gasteiger partial charge is 0.493 e. The molecule has 4 aromatic rings. The lowest BCUT2D eigenvalue weighted by molar-refractivity contribution is -0.136. The van der Waals surface area contributed by atoms with Crippen molar-refractivity contribution in [2.45, 2.75) is 57.7 Å². The van der Waals surface area contributed by atoms with Gasteiger partial charge in [0.15, 0.2) is 5.54 Å². The average molecular weight is 607 g/mol. The van der Waals surface area contributed by atoms with Crippen molar-refractivity contribution in [3.05, 3.63) is 111 Å². The number of ether oxygens (including phenoxy) is 1. The number of rotatable bonds is 11. The normalized spacial score (nSPS) is 16.9. The predicted molar refractivity (Wildman–Crippen MR) is 159 cm³/mol. The fourth-order valence-electron chi connectivity index (χ4n) is 5.68. The van der Waals surface area contributed by atoms with E-state index in [0.29, 0.717) is 60.6 Å². The Morgan fingerprint density at radius 3 is 2.30 bits per heavy atom. The molecule has 1 atom stereocenters. The fourth-order valence-corrected chi connectivity index (χ4v) is 5.68. The van der Waals surface area contributed by atoms with Crippen LogP contribution < -0.4 is 15.7 Å². The van der Waals surface area contributed by atoms with E-state index in [1.165, 1.54) is 17.0 Å². The van der Waals surface area contributed by atoms with Crippen LogP contribution in [0.3, 0.4) is 0 Å². The van der Waals surface area contributed by atoms with Gasteiger partial charge in [0, 0.05) is 23.6 Å². The standard InChI is InChI=1S/C34H33F3N2O5/c1-3-10-26-28(18-17-25-27(34(35,36)37)21-29(40)44-30(25)26)43-20-9-5-8-19-39-31(41)33(38-32(39)42,23-11-6-4-7-12-23)24-15-13-22(2)14-16-24/h4,6-7,11-18,21H,3,5,8-10,19-20H2,1-2H3,(H,38,42). The molecule has 44 heavy (non-hydrogen) atoms. The van der Waals surface area contributed by atoms with Crippen LogP contribution >= 0.6 is 0 Å². The molecule has 1 unspecified atom stereocenters. The molecular weight excluding hydrogens is 573 g/mol. The first kappa shape index (κ1) is 30.8. The molecule has 0 saturated carbocycles. The molecule has 1 aliphatic heterocycles. The van der Waals surface area contributed by atoms with E-state index < -0.39 is 28.9 Å². The first-order chi connectivity index (χ1) is 21.1. The van der Waals surface area contributed by atoms with Crippen molar-refractivity contribution in [1.29, 1.82) is 0 Å². The number of carbonyl (C=O) groups excluding carboxylic acids is 2. The van der Waals surface area contributed by atoms with E-state index in [9.17, 15) is 27.6 Å². The topological polar surface area (TPSA) is 88.9 Å². The third-order valence-electron chi connectivity index (χ3n) is 7.86.